The molecule has 1 saturated heterocycles. The SMILES string of the molecule is CSC1(C#N)CCN(C(=O)Nc2cc(Cl)ccc2Cl)CC1. The van der Waals surface area contributed by atoms with E-state index in [0.29, 0.717) is 41.7 Å². The van der Waals surface area contributed by atoms with Gasteiger partial charge in [-0.15, -0.1) is 11.8 Å². The van der Waals surface area contributed by atoms with Crippen LogP contribution in [0.3, 0.4) is 0 Å². The maximum absolute atomic E-state index is 12.2. The number of hydrogen-bond acceptors (Lipinski definition) is 3. The van der Waals surface area contributed by atoms with Gasteiger partial charge in [0.05, 0.1) is 16.8 Å². The molecule has 7 heteroatoms. The Morgan fingerprint density at radius 1 is 1.43 bits per heavy atom. The fourth-order valence-corrected chi connectivity index (χ4v) is 3.24. The van der Waals surface area contributed by atoms with Crippen molar-refractivity contribution >= 4 is 46.7 Å². The van der Waals surface area contributed by atoms with Crippen LogP contribution in [0.25, 0.3) is 0 Å². The summed E-state index contributed by atoms with van der Waals surface area (Å²) in [7, 11) is 0. The molecule has 1 heterocycles. The van der Waals surface area contributed by atoms with Gasteiger partial charge in [-0.3, -0.25) is 0 Å². The molecule has 2 amide bonds. The first-order valence-electron chi connectivity index (χ1n) is 6.47. The van der Waals surface area contributed by atoms with Gasteiger partial charge in [0, 0.05) is 18.1 Å². The lowest BCUT2D eigenvalue weighted by Gasteiger charge is -2.36. The molecule has 1 aromatic rings. The molecule has 0 radical (unpaired) electrons. The third kappa shape index (κ3) is 3.76. The van der Waals surface area contributed by atoms with Crippen molar-refractivity contribution in [3.05, 3.63) is 28.2 Å². The molecule has 0 aromatic heterocycles. The Hall–Kier alpha value is -1.09. The van der Waals surface area contributed by atoms with Gasteiger partial charge >= 0.3 is 6.03 Å². The summed E-state index contributed by atoms with van der Waals surface area (Å²) in [6.45, 7) is 1.11. The summed E-state index contributed by atoms with van der Waals surface area (Å²) >= 11 is 13.5. The van der Waals surface area contributed by atoms with E-state index in [9.17, 15) is 10.1 Å². The summed E-state index contributed by atoms with van der Waals surface area (Å²) < 4.78 is -0.371. The number of amides is 2. The van der Waals surface area contributed by atoms with E-state index in [4.69, 9.17) is 23.2 Å². The topological polar surface area (TPSA) is 56.1 Å². The number of nitrogens with one attached hydrogen (secondary N) is 1. The van der Waals surface area contributed by atoms with Crippen LogP contribution < -0.4 is 5.32 Å². The number of rotatable bonds is 2. The molecule has 4 nitrogen and oxygen atoms in total. The highest BCUT2D eigenvalue weighted by Crippen LogP contribution is 2.34. The molecule has 0 atom stereocenters. The van der Waals surface area contributed by atoms with Crippen LogP contribution in [-0.2, 0) is 0 Å². The van der Waals surface area contributed by atoms with Crippen molar-refractivity contribution in [3.63, 3.8) is 0 Å². The standard InChI is InChI=1S/C14H15Cl2N3OS/c1-21-14(9-17)4-6-19(7-5-14)13(20)18-12-8-10(15)2-3-11(12)16/h2-3,8H,4-7H2,1H3,(H,18,20). The van der Waals surface area contributed by atoms with E-state index in [1.54, 1.807) is 34.9 Å². The van der Waals surface area contributed by atoms with E-state index in [2.05, 4.69) is 11.4 Å². The summed E-state index contributed by atoms with van der Waals surface area (Å²) in [5.74, 6) is 0. The van der Waals surface area contributed by atoms with Crippen LogP contribution in [0.4, 0.5) is 10.5 Å². The van der Waals surface area contributed by atoms with Gasteiger partial charge < -0.3 is 10.2 Å². The number of hydrogen-bond donors (Lipinski definition) is 1. The van der Waals surface area contributed by atoms with Gasteiger partial charge in [-0.2, -0.15) is 5.26 Å². The number of piperidine rings is 1. The van der Waals surface area contributed by atoms with E-state index in [1.807, 2.05) is 6.26 Å². The fourth-order valence-electron chi connectivity index (χ4n) is 2.22. The van der Waals surface area contributed by atoms with E-state index in [-0.39, 0.29) is 10.8 Å². The van der Waals surface area contributed by atoms with E-state index >= 15 is 0 Å². The summed E-state index contributed by atoms with van der Waals surface area (Å²) in [6, 6.07) is 7.07. The highest BCUT2D eigenvalue weighted by Gasteiger charge is 2.35. The summed E-state index contributed by atoms with van der Waals surface area (Å²) in [6.07, 6.45) is 3.27. The minimum absolute atomic E-state index is 0.216. The molecule has 0 unspecified atom stereocenters. The third-order valence-electron chi connectivity index (χ3n) is 3.62. The second-order valence-corrected chi connectivity index (χ2v) is 6.88. The number of thioether (sulfide) groups is 1. The average Bonchev–Trinajstić information content (AvgIpc) is 2.51. The number of anilines is 1. The van der Waals surface area contributed by atoms with Gasteiger partial charge in [0.25, 0.3) is 0 Å². The maximum atomic E-state index is 12.2. The number of carbonyl (C=O) groups is 1. The van der Waals surface area contributed by atoms with Crippen molar-refractivity contribution in [3.8, 4) is 6.07 Å². The van der Waals surface area contributed by atoms with Crippen molar-refractivity contribution in [1.82, 2.24) is 4.90 Å². The second-order valence-electron chi connectivity index (χ2n) is 4.85. The Morgan fingerprint density at radius 2 is 2.10 bits per heavy atom. The van der Waals surface area contributed by atoms with Gasteiger partial charge in [-0.1, -0.05) is 23.2 Å². The Kier molecular flexibility index (Phi) is 5.26. The first-order chi connectivity index (χ1) is 9.99. The highest BCUT2D eigenvalue weighted by molar-refractivity contribution is 8.00. The van der Waals surface area contributed by atoms with Crippen LogP contribution in [0.2, 0.25) is 10.0 Å². The zero-order valence-electron chi connectivity index (χ0n) is 11.5. The van der Waals surface area contributed by atoms with Crippen molar-refractivity contribution in [2.75, 3.05) is 24.7 Å². The number of benzene rings is 1. The summed E-state index contributed by atoms with van der Waals surface area (Å²) in [4.78, 5) is 13.9. The summed E-state index contributed by atoms with van der Waals surface area (Å²) in [5, 5.41) is 13.0. The normalized spacial score (nSPS) is 17.1. The number of nitriles is 1. The quantitative estimate of drug-likeness (QED) is 0.873. The molecule has 2 rings (SSSR count). The molecule has 1 aliphatic rings. The highest BCUT2D eigenvalue weighted by atomic mass is 35.5. The minimum Gasteiger partial charge on any atom is -0.324 e. The minimum atomic E-state index is -0.371. The molecular formula is C14H15Cl2N3OS. The monoisotopic (exact) mass is 343 g/mol. The van der Waals surface area contributed by atoms with Gasteiger partial charge in [0.1, 0.15) is 4.75 Å². The molecule has 21 heavy (non-hydrogen) atoms. The summed E-state index contributed by atoms with van der Waals surface area (Å²) in [5.41, 5.74) is 0.496. The Bertz CT molecular complexity index is 580. The average molecular weight is 344 g/mol. The fraction of sp³-hybridized carbons (Fsp3) is 0.429. The van der Waals surface area contributed by atoms with Gasteiger partial charge in [-0.05, 0) is 37.3 Å². The van der Waals surface area contributed by atoms with Crippen LogP contribution in [0, 0.1) is 11.3 Å². The van der Waals surface area contributed by atoms with Crippen molar-refractivity contribution in [2.45, 2.75) is 17.6 Å². The van der Waals surface area contributed by atoms with Crippen molar-refractivity contribution in [2.24, 2.45) is 0 Å². The number of nitrogens with zero attached hydrogens (tertiary/aromatic N) is 2. The third-order valence-corrected chi connectivity index (χ3v) is 5.47. The van der Waals surface area contributed by atoms with Crippen molar-refractivity contribution in [1.29, 1.82) is 5.26 Å². The molecule has 1 aliphatic heterocycles. The van der Waals surface area contributed by atoms with Crippen LogP contribution in [0.1, 0.15) is 12.8 Å². The zero-order valence-corrected chi connectivity index (χ0v) is 13.9. The molecule has 1 N–H and O–H groups in total. The molecule has 1 aromatic carbocycles. The molecule has 112 valence electrons. The van der Waals surface area contributed by atoms with E-state index in [0.717, 1.165) is 0 Å². The predicted octanol–water partition coefficient (Wildman–Crippen LogP) is 4.25. The molecular weight excluding hydrogens is 329 g/mol. The number of halogens is 2. The molecule has 0 bridgehead atoms. The first-order valence-corrected chi connectivity index (χ1v) is 8.45. The lowest BCUT2D eigenvalue weighted by atomic mass is 9.97. The lowest BCUT2D eigenvalue weighted by Crippen LogP contribution is -2.46. The number of carbonyl (C=O) groups excluding carboxylic acids is 1. The Balaban J connectivity index is 2.00. The molecule has 1 fully saturated rings. The zero-order chi connectivity index (χ0) is 15.5. The Labute approximate surface area is 138 Å². The second kappa shape index (κ2) is 6.78. The smallest absolute Gasteiger partial charge is 0.321 e. The predicted molar refractivity (Wildman–Crippen MR) is 88.1 cm³/mol. The van der Waals surface area contributed by atoms with Gasteiger partial charge in [0.2, 0.25) is 0 Å². The maximum Gasteiger partial charge on any atom is 0.321 e. The van der Waals surface area contributed by atoms with E-state index in [1.165, 1.54) is 0 Å². The van der Waals surface area contributed by atoms with Crippen LogP contribution in [0.15, 0.2) is 18.2 Å². The number of likely N-dealkylation sites (tertiary alicyclic amines) is 1. The number of urea groups is 1. The van der Waals surface area contributed by atoms with Crippen LogP contribution >= 0.6 is 35.0 Å². The largest absolute Gasteiger partial charge is 0.324 e. The van der Waals surface area contributed by atoms with Gasteiger partial charge in [0.15, 0.2) is 0 Å². The van der Waals surface area contributed by atoms with Crippen LogP contribution in [-0.4, -0.2) is 35.0 Å². The van der Waals surface area contributed by atoms with Gasteiger partial charge in [-0.25, -0.2) is 4.79 Å². The lowest BCUT2D eigenvalue weighted by molar-refractivity contribution is 0.196. The van der Waals surface area contributed by atoms with Crippen molar-refractivity contribution < 1.29 is 4.79 Å². The molecule has 0 saturated carbocycles. The molecule has 0 spiro atoms. The van der Waals surface area contributed by atoms with E-state index < -0.39 is 0 Å². The Morgan fingerprint density at radius 3 is 2.67 bits per heavy atom. The first kappa shape index (κ1) is 16.3. The van der Waals surface area contributed by atoms with Crippen LogP contribution in [0.5, 0.6) is 0 Å². The molecule has 0 aliphatic carbocycles.